The van der Waals surface area contributed by atoms with Gasteiger partial charge < -0.3 is 9.64 Å². The molecule has 0 saturated carbocycles. The monoisotopic (exact) mass is 187 g/mol. The van der Waals surface area contributed by atoms with E-state index in [0.29, 0.717) is 19.5 Å². The maximum Gasteiger partial charge on any atom is 0.306 e. The second-order valence-corrected chi connectivity index (χ2v) is 2.58. The normalized spacial score (nSPS) is 9.46. The fraction of sp³-hybridized carbons (Fsp3) is 0.778. The molecule has 76 valence electrons. The Morgan fingerprint density at radius 3 is 2.08 bits per heavy atom. The predicted octanol–water partition coefficient (Wildman–Crippen LogP) is 0.808. The van der Waals surface area contributed by atoms with E-state index in [2.05, 4.69) is 0 Å². The van der Waals surface area contributed by atoms with Crippen LogP contribution in [0.1, 0.15) is 27.2 Å². The van der Waals surface area contributed by atoms with Crippen LogP contribution in [0.15, 0.2) is 0 Å². The number of carbonyl (C=O) groups excluding carboxylic acids is 2. The minimum Gasteiger partial charge on any atom is -0.456 e. The van der Waals surface area contributed by atoms with Gasteiger partial charge in [-0.05, 0) is 13.8 Å². The molecule has 4 heteroatoms. The van der Waals surface area contributed by atoms with Crippen molar-refractivity contribution in [3.63, 3.8) is 0 Å². The van der Waals surface area contributed by atoms with Gasteiger partial charge in [0.1, 0.15) is 0 Å². The molecule has 0 saturated heterocycles. The first-order valence-electron chi connectivity index (χ1n) is 4.59. The second-order valence-electron chi connectivity index (χ2n) is 2.58. The Labute approximate surface area is 78.9 Å². The zero-order valence-electron chi connectivity index (χ0n) is 8.50. The van der Waals surface area contributed by atoms with Crippen molar-refractivity contribution in [3.05, 3.63) is 0 Å². The number of nitrogens with zero attached hydrogens (tertiary/aromatic N) is 1. The lowest BCUT2D eigenvalue weighted by atomic mass is 10.4. The maximum atomic E-state index is 11.3. The summed E-state index contributed by atoms with van der Waals surface area (Å²) in [7, 11) is 0. The highest BCUT2D eigenvalue weighted by molar-refractivity contribution is 5.80. The summed E-state index contributed by atoms with van der Waals surface area (Å²) in [5.74, 6) is -0.465. The molecular weight excluding hydrogens is 170 g/mol. The van der Waals surface area contributed by atoms with Crippen LogP contribution in [0.2, 0.25) is 0 Å². The van der Waals surface area contributed by atoms with E-state index in [1.54, 1.807) is 11.8 Å². The van der Waals surface area contributed by atoms with E-state index in [0.717, 1.165) is 0 Å². The molecule has 0 N–H and O–H groups in total. The molecule has 4 nitrogen and oxygen atoms in total. The fourth-order valence-electron chi connectivity index (χ4n) is 0.912. The Balaban J connectivity index is 3.79. The van der Waals surface area contributed by atoms with Crippen LogP contribution in [0.25, 0.3) is 0 Å². The first kappa shape index (κ1) is 11.9. The van der Waals surface area contributed by atoms with Crippen molar-refractivity contribution in [3.8, 4) is 0 Å². The third kappa shape index (κ3) is 4.50. The van der Waals surface area contributed by atoms with Crippen molar-refractivity contribution in [2.75, 3.05) is 19.7 Å². The van der Waals surface area contributed by atoms with Gasteiger partial charge >= 0.3 is 5.97 Å². The van der Waals surface area contributed by atoms with Crippen molar-refractivity contribution in [1.82, 2.24) is 4.90 Å². The number of carbonyl (C=O) groups is 2. The average Bonchev–Trinajstić information content (AvgIpc) is 2.16. The number of ether oxygens (including phenoxy) is 1. The number of amides is 1. The first-order chi connectivity index (χ1) is 6.15. The molecule has 0 aromatic heterocycles. The summed E-state index contributed by atoms with van der Waals surface area (Å²) in [5, 5.41) is 0. The molecular formula is C9H17NO3. The lowest BCUT2D eigenvalue weighted by Crippen LogP contribution is -2.34. The Kier molecular flexibility index (Phi) is 5.93. The van der Waals surface area contributed by atoms with Crippen molar-refractivity contribution in [2.24, 2.45) is 0 Å². The maximum absolute atomic E-state index is 11.3. The molecule has 0 rings (SSSR count). The van der Waals surface area contributed by atoms with Gasteiger partial charge in [-0.25, -0.2) is 0 Å². The van der Waals surface area contributed by atoms with E-state index < -0.39 is 0 Å². The van der Waals surface area contributed by atoms with Crippen molar-refractivity contribution in [2.45, 2.75) is 27.2 Å². The van der Waals surface area contributed by atoms with Gasteiger partial charge in [0.05, 0.1) is 0 Å². The lowest BCUT2D eigenvalue weighted by Gasteiger charge is -2.17. The van der Waals surface area contributed by atoms with Crippen LogP contribution in [-0.2, 0) is 14.3 Å². The van der Waals surface area contributed by atoms with E-state index in [1.807, 2.05) is 13.8 Å². The number of likely N-dealkylation sites (N-methyl/N-ethyl adjacent to an activating group) is 1. The molecule has 0 spiro atoms. The Hall–Kier alpha value is -1.06. The van der Waals surface area contributed by atoms with E-state index in [1.165, 1.54) is 0 Å². The van der Waals surface area contributed by atoms with Crippen molar-refractivity contribution >= 4 is 11.9 Å². The van der Waals surface area contributed by atoms with Crippen LogP contribution in [0.4, 0.5) is 0 Å². The minimum absolute atomic E-state index is 0.131. The molecule has 0 aromatic rings. The van der Waals surface area contributed by atoms with Gasteiger partial charge in [-0.15, -0.1) is 0 Å². The molecule has 0 atom stereocenters. The van der Waals surface area contributed by atoms with Crippen LogP contribution in [0.3, 0.4) is 0 Å². The van der Waals surface area contributed by atoms with Gasteiger partial charge in [-0.2, -0.15) is 0 Å². The van der Waals surface area contributed by atoms with Crippen LogP contribution in [0.5, 0.6) is 0 Å². The minimum atomic E-state index is -0.333. The largest absolute Gasteiger partial charge is 0.456 e. The summed E-state index contributed by atoms with van der Waals surface area (Å²) < 4.78 is 4.71. The van der Waals surface area contributed by atoms with Crippen LogP contribution in [0, 0.1) is 0 Å². The Morgan fingerprint density at radius 2 is 1.69 bits per heavy atom. The summed E-state index contributed by atoms with van der Waals surface area (Å²) in [6.07, 6.45) is 0.311. The number of rotatable bonds is 5. The molecule has 0 bridgehead atoms. The molecule has 0 aliphatic rings. The van der Waals surface area contributed by atoms with Crippen LogP contribution < -0.4 is 0 Å². The zero-order valence-corrected chi connectivity index (χ0v) is 8.50. The molecule has 0 heterocycles. The van der Waals surface area contributed by atoms with Crippen molar-refractivity contribution < 1.29 is 14.3 Å². The average molecular weight is 187 g/mol. The summed E-state index contributed by atoms with van der Waals surface area (Å²) in [6, 6.07) is 0. The summed E-state index contributed by atoms with van der Waals surface area (Å²) in [6.45, 7) is 6.66. The first-order valence-corrected chi connectivity index (χ1v) is 4.59. The standard InChI is InChI=1S/C9H17NO3/c1-4-9(12)13-7-8(11)10(5-2)6-3/h4-7H2,1-3H3. The molecule has 0 unspecified atom stereocenters. The van der Waals surface area contributed by atoms with Gasteiger partial charge in [-0.3, -0.25) is 9.59 Å². The highest BCUT2D eigenvalue weighted by Crippen LogP contribution is 1.91. The van der Waals surface area contributed by atoms with Gasteiger partial charge in [0.15, 0.2) is 6.61 Å². The molecule has 0 aromatic carbocycles. The number of hydrogen-bond acceptors (Lipinski definition) is 3. The Morgan fingerprint density at radius 1 is 1.15 bits per heavy atom. The fourth-order valence-corrected chi connectivity index (χ4v) is 0.912. The van der Waals surface area contributed by atoms with E-state index in [4.69, 9.17) is 4.74 Å². The molecule has 13 heavy (non-hydrogen) atoms. The SMILES string of the molecule is CCC(=O)OCC(=O)N(CC)CC. The summed E-state index contributed by atoms with van der Waals surface area (Å²) in [4.78, 5) is 23.6. The van der Waals surface area contributed by atoms with Gasteiger partial charge in [0, 0.05) is 19.5 Å². The third-order valence-corrected chi connectivity index (χ3v) is 1.76. The third-order valence-electron chi connectivity index (χ3n) is 1.76. The Bertz CT molecular complexity index is 176. The number of esters is 1. The molecule has 0 aliphatic heterocycles. The topological polar surface area (TPSA) is 46.6 Å². The highest BCUT2D eigenvalue weighted by Gasteiger charge is 2.10. The van der Waals surface area contributed by atoms with E-state index in [-0.39, 0.29) is 18.5 Å². The zero-order chi connectivity index (χ0) is 10.3. The number of hydrogen-bond donors (Lipinski definition) is 0. The smallest absolute Gasteiger partial charge is 0.306 e. The molecule has 0 aliphatic carbocycles. The van der Waals surface area contributed by atoms with Crippen LogP contribution >= 0.6 is 0 Å². The van der Waals surface area contributed by atoms with Crippen LogP contribution in [-0.4, -0.2) is 36.5 Å². The molecule has 1 amide bonds. The van der Waals surface area contributed by atoms with Gasteiger partial charge in [0.2, 0.25) is 0 Å². The van der Waals surface area contributed by atoms with E-state index >= 15 is 0 Å². The summed E-state index contributed by atoms with van der Waals surface area (Å²) in [5.41, 5.74) is 0. The predicted molar refractivity (Wildman–Crippen MR) is 49.2 cm³/mol. The van der Waals surface area contributed by atoms with Gasteiger partial charge in [-0.1, -0.05) is 6.92 Å². The van der Waals surface area contributed by atoms with Gasteiger partial charge in [0.25, 0.3) is 5.91 Å². The van der Waals surface area contributed by atoms with Crippen molar-refractivity contribution in [1.29, 1.82) is 0 Å². The summed E-state index contributed by atoms with van der Waals surface area (Å²) >= 11 is 0. The second kappa shape index (κ2) is 6.46. The molecule has 0 radical (unpaired) electrons. The quantitative estimate of drug-likeness (QED) is 0.598. The lowest BCUT2D eigenvalue weighted by molar-refractivity contribution is -0.151. The highest BCUT2D eigenvalue weighted by atomic mass is 16.5. The van der Waals surface area contributed by atoms with E-state index in [9.17, 15) is 9.59 Å². The molecule has 0 fully saturated rings.